The van der Waals surface area contributed by atoms with Gasteiger partial charge in [-0.2, -0.15) is 0 Å². The van der Waals surface area contributed by atoms with Crippen LogP contribution in [0.25, 0.3) is 0 Å². The first-order chi connectivity index (χ1) is 15.3. The zero-order chi connectivity index (χ0) is 23.3. The molecule has 32 heavy (non-hydrogen) atoms. The lowest BCUT2D eigenvalue weighted by molar-refractivity contribution is -0.142. The summed E-state index contributed by atoms with van der Waals surface area (Å²) >= 11 is 0. The van der Waals surface area contributed by atoms with Crippen molar-refractivity contribution in [2.24, 2.45) is 0 Å². The van der Waals surface area contributed by atoms with Crippen LogP contribution in [-0.2, 0) is 11.2 Å². The fourth-order valence-electron chi connectivity index (χ4n) is 3.90. The molecule has 0 aliphatic carbocycles. The Balaban J connectivity index is 2.16. The normalized spacial score (nSPS) is 12.8. The van der Waals surface area contributed by atoms with Crippen LogP contribution in [0, 0.1) is 13.8 Å². The standard InChI is InChI=1S/C26H31N3O3/c1-18-22(16-20-12-8-6-9-13-20)28-24(32-21-14-10-7-11-15-21)19(2)23(18)29(5)26(3,17-27-4)25(30)31/h6-15,27H,16-17H2,1-5H3,(H,30,31). The van der Waals surface area contributed by atoms with E-state index in [1.54, 1.807) is 14.0 Å². The summed E-state index contributed by atoms with van der Waals surface area (Å²) in [5.41, 5.74) is 3.39. The lowest BCUT2D eigenvalue weighted by Gasteiger charge is -2.39. The van der Waals surface area contributed by atoms with Gasteiger partial charge in [-0.05, 0) is 51.1 Å². The fraction of sp³-hybridized carbons (Fsp3) is 0.308. The van der Waals surface area contributed by atoms with Crippen molar-refractivity contribution < 1.29 is 14.6 Å². The van der Waals surface area contributed by atoms with Crippen LogP contribution in [0.4, 0.5) is 5.69 Å². The molecule has 3 aromatic rings. The zero-order valence-corrected chi connectivity index (χ0v) is 19.3. The molecule has 0 radical (unpaired) electrons. The number of aromatic nitrogens is 1. The number of carboxylic acids is 1. The smallest absolute Gasteiger partial charge is 0.330 e. The highest BCUT2D eigenvalue weighted by atomic mass is 16.5. The zero-order valence-electron chi connectivity index (χ0n) is 19.3. The third-order valence-electron chi connectivity index (χ3n) is 5.93. The number of ether oxygens (including phenoxy) is 1. The van der Waals surface area contributed by atoms with Crippen molar-refractivity contribution in [2.45, 2.75) is 32.7 Å². The van der Waals surface area contributed by atoms with Gasteiger partial charge in [0.05, 0.1) is 11.4 Å². The molecule has 0 saturated heterocycles. The molecule has 0 saturated carbocycles. The van der Waals surface area contributed by atoms with E-state index in [1.807, 2.05) is 74.3 Å². The summed E-state index contributed by atoms with van der Waals surface area (Å²) in [7, 11) is 3.57. The molecule has 1 heterocycles. The molecule has 0 amide bonds. The number of rotatable bonds is 9. The summed E-state index contributed by atoms with van der Waals surface area (Å²) < 4.78 is 6.17. The number of anilines is 1. The number of pyridine rings is 1. The second kappa shape index (κ2) is 9.83. The Hall–Kier alpha value is -3.38. The van der Waals surface area contributed by atoms with E-state index in [9.17, 15) is 9.90 Å². The first-order valence-corrected chi connectivity index (χ1v) is 10.7. The Bertz CT molecular complexity index is 1000. The van der Waals surface area contributed by atoms with Crippen molar-refractivity contribution in [1.82, 2.24) is 10.3 Å². The first kappa shape index (κ1) is 23.3. The predicted molar refractivity (Wildman–Crippen MR) is 128 cm³/mol. The molecule has 2 N–H and O–H groups in total. The van der Waals surface area contributed by atoms with Crippen LogP contribution in [0.2, 0.25) is 0 Å². The van der Waals surface area contributed by atoms with Gasteiger partial charge in [-0.15, -0.1) is 0 Å². The Labute approximate surface area is 189 Å². The van der Waals surface area contributed by atoms with E-state index in [0.29, 0.717) is 18.1 Å². The van der Waals surface area contributed by atoms with Crippen LogP contribution < -0.4 is 15.0 Å². The average molecular weight is 434 g/mol. The lowest BCUT2D eigenvalue weighted by atomic mass is 9.95. The van der Waals surface area contributed by atoms with Gasteiger partial charge in [0.25, 0.3) is 0 Å². The maximum absolute atomic E-state index is 12.3. The molecule has 6 heteroatoms. The molecule has 0 aliphatic heterocycles. The minimum atomic E-state index is -1.15. The van der Waals surface area contributed by atoms with E-state index in [1.165, 1.54) is 0 Å². The van der Waals surface area contributed by atoms with Crippen LogP contribution in [0.1, 0.15) is 29.3 Å². The molecule has 0 aliphatic rings. The van der Waals surface area contributed by atoms with Crippen molar-refractivity contribution in [3.8, 4) is 11.6 Å². The van der Waals surface area contributed by atoms with Crippen molar-refractivity contribution in [3.63, 3.8) is 0 Å². The number of carboxylic acid groups (broad SMARTS) is 1. The molecule has 0 bridgehead atoms. The van der Waals surface area contributed by atoms with Gasteiger partial charge in [0.15, 0.2) is 0 Å². The average Bonchev–Trinajstić information content (AvgIpc) is 2.78. The van der Waals surface area contributed by atoms with Crippen LogP contribution in [0.5, 0.6) is 11.6 Å². The van der Waals surface area contributed by atoms with Crippen LogP contribution >= 0.6 is 0 Å². The molecule has 2 aromatic carbocycles. The second-order valence-corrected chi connectivity index (χ2v) is 8.21. The van der Waals surface area contributed by atoms with E-state index < -0.39 is 11.5 Å². The highest BCUT2D eigenvalue weighted by molar-refractivity contribution is 5.84. The van der Waals surface area contributed by atoms with Crippen LogP contribution in [-0.4, -0.2) is 42.2 Å². The summed E-state index contributed by atoms with van der Waals surface area (Å²) in [6, 6.07) is 19.6. The second-order valence-electron chi connectivity index (χ2n) is 8.21. The first-order valence-electron chi connectivity index (χ1n) is 10.7. The fourth-order valence-corrected chi connectivity index (χ4v) is 3.90. The minimum Gasteiger partial charge on any atom is -0.479 e. The van der Waals surface area contributed by atoms with Crippen molar-refractivity contribution >= 4 is 11.7 Å². The Morgan fingerprint density at radius 2 is 1.66 bits per heavy atom. The van der Waals surface area contributed by atoms with Gasteiger partial charge in [0.1, 0.15) is 11.3 Å². The maximum Gasteiger partial charge on any atom is 0.330 e. The number of benzene rings is 2. The number of hydrogen-bond acceptors (Lipinski definition) is 5. The van der Waals surface area contributed by atoms with Crippen molar-refractivity contribution in [1.29, 1.82) is 0 Å². The molecule has 0 fully saturated rings. The summed E-state index contributed by atoms with van der Waals surface area (Å²) in [6.45, 7) is 5.93. The number of likely N-dealkylation sites (N-methyl/N-ethyl adjacent to an activating group) is 2. The molecule has 1 unspecified atom stereocenters. The van der Waals surface area contributed by atoms with Crippen molar-refractivity contribution in [2.75, 3.05) is 25.5 Å². The Kier molecular flexibility index (Phi) is 7.15. The van der Waals surface area contributed by atoms with Crippen molar-refractivity contribution in [3.05, 3.63) is 83.0 Å². The lowest BCUT2D eigenvalue weighted by Crippen LogP contribution is -2.57. The largest absolute Gasteiger partial charge is 0.479 e. The molecule has 6 nitrogen and oxygen atoms in total. The van der Waals surface area contributed by atoms with Gasteiger partial charge in [0.2, 0.25) is 5.88 Å². The number of nitrogens with one attached hydrogen (secondary N) is 1. The third kappa shape index (κ3) is 4.75. The number of para-hydroxylation sites is 1. The number of aliphatic carboxylic acids is 1. The monoisotopic (exact) mass is 433 g/mol. The van der Waals surface area contributed by atoms with Gasteiger partial charge in [0, 0.05) is 25.6 Å². The number of nitrogens with zero attached hydrogens (tertiary/aromatic N) is 2. The van der Waals surface area contributed by atoms with E-state index in [2.05, 4.69) is 17.4 Å². The predicted octanol–water partition coefficient (Wildman–Crippen LogP) is 4.58. The van der Waals surface area contributed by atoms with E-state index in [4.69, 9.17) is 9.72 Å². The van der Waals surface area contributed by atoms with Gasteiger partial charge >= 0.3 is 5.97 Å². The summed E-state index contributed by atoms with van der Waals surface area (Å²) in [6.07, 6.45) is 0.620. The van der Waals surface area contributed by atoms with Gasteiger partial charge < -0.3 is 20.1 Å². The molecule has 3 rings (SSSR count). The minimum absolute atomic E-state index is 0.281. The Morgan fingerprint density at radius 1 is 1.06 bits per heavy atom. The summed E-state index contributed by atoms with van der Waals surface area (Å²) in [4.78, 5) is 19.0. The highest BCUT2D eigenvalue weighted by Crippen LogP contribution is 2.37. The quantitative estimate of drug-likeness (QED) is 0.515. The van der Waals surface area contributed by atoms with Gasteiger partial charge in [-0.3, -0.25) is 0 Å². The molecular formula is C26H31N3O3. The summed E-state index contributed by atoms with van der Waals surface area (Å²) in [5, 5.41) is 13.1. The van der Waals surface area contributed by atoms with Crippen LogP contribution in [0.15, 0.2) is 60.7 Å². The topological polar surface area (TPSA) is 74.7 Å². The molecule has 1 atom stereocenters. The number of hydrogen-bond donors (Lipinski definition) is 2. The van der Waals surface area contributed by atoms with Crippen LogP contribution in [0.3, 0.4) is 0 Å². The van der Waals surface area contributed by atoms with Gasteiger partial charge in [-0.25, -0.2) is 9.78 Å². The van der Waals surface area contributed by atoms with E-state index >= 15 is 0 Å². The third-order valence-corrected chi connectivity index (χ3v) is 5.93. The van der Waals surface area contributed by atoms with E-state index in [-0.39, 0.29) is 6.54 Å². The molecular weight excluding hydrogens is 402 g/mol. The Morgan fingerprint density at radius 3 is 2.22 bits per heavy atom. The molecule has 0 spiro atoms. The molecule has 1 aromatic heterocycles. The summed E-state index contributed by atoms with van der Waals surface area (Å²) in [5.74, 6) is 0.259. The molecule has 168 valence electrons. The highest BCUT2D eigenvalue weighted by Gasteiger charge is 2.39. The SMILES string of the molecule is CNCC(C)(C(=O)O)N(C)c1c(C)c(Cc2ccccc2)nc(Oc2ccccc2)c1C. The maximum atomic E-state index is 12.3. The van der Waals surface area contributed by atoms with Gasteiger partial charge in [-0.1, -0.05) is 48.5 Å². The van der Waals surface area contributed by atoms with E-state index in [0.717, 1.165) is 28.1 Å². The number of carbonyl (C=O) groups is 1.